The predicted octanol–water partition coefficient (Wildman–Crippen LogP) is 2.66. The SMILES string of the molecule is C=C(C)c1cc(C)c(C)[nH]1. The monoisotopic (exact) mass is 135 g/mol. The molecule has 0 bridgehead atoms. The Bertz CT molecular complexity index is 236. The summed E-state index contributed by atoms with van der Waals surface area (Å²) in [6.07, 6.45) is 0. The molecule has 0 spiro atoms. The number of aryl methyl sites for hydroxylation is 2. The number of hydrogen-bond acceptors (Lipinski definition) is 0. The summed E-state index contributed by atoms with van der Waals surface area (Å²) in [5.74, 6) is 0. The molecule has 0 radical (unpaired) electrons. The molecular weight excluding hydrogens is 122 g/mol. The van der Waals surface area contributed by atoms with Crippen LogP contribution in [0, 0.1) is 13.8 Å². The van der Waals surface area contributed by atoms with Gasteiger partial charge in [0, 0.05) is 11.4 Å². The quantitative estimate of drug-likeness (QED) is 0.609. The van der Waals surface area contributed by atoms with Gasteiger partial charge in [0.25, 0.3) is 0 Å². The van der Waals surface area contributed by atoms with E-state index in [9.17, 15) is 0 Å². The zero-order valence-electron chi connectivity index (χ0n) is 6.78. The van der Waals surface area contributed by atoms with Crippen LogP contribution in [0.5, 0.6) is 0 Å². The third kappa shape index (κ3) is 1.13. The van der Waals surface area contributed by atoms with Gasteiger partial charge in [0.1, 0.15) is 0 Å². The Morgan fingerprint density at radius 1 is 1.50 bits per heavy atom. The highest BCUT2D eigenvalue weighted by Gasteiger charge is 1.98. The third-order valence-corrected chi connectivity index (χ3v) is 1.73. The molecule has 0 atom stereocenters. The first-order valence-corrected chi connectivity index (χ1v) is 3.43. The summed E-state index contributed by atoms with van der Waals surface area (Å²) in [5, 5.41) is 0. The van der Waals surface area contributed by atoms with Crippen LogP contribution in [0.3, 0.4) is 0 Å². The van der Waals surface area contributed by atoms with Crippen LogP contribution in [0.1, 0.15) is 23.9 Å². The van der Waals surface area contributed by atoms with E-state index in [2.05, 4.69) is 31.5 Å². The molecule has 0 saturated carbocycles. The molecule has 1 N–H and O–H groups in total. The minimum absolute atomic E-state index is 1.09. The van der Waals surface area contributed by atoms with Crippen molar-refractivity contribution in [2.45, 2.75) is 20.8 Å². The maximum Gasteiger partial charge on any atom is 0.0408 e. The molecule has 1 aromatic heterocycles. The van der Waals surface area contributed by atoms with Crippen molar-refractivity contribution >= 4 is 5.57 Å². The Balaban J connectivity index is 3.10. The first-order chi connectivity index (χ1) is 4.61. The summed E-state index contributed by atoms with van der Waals surface area (Å²) in [5.41, 5.74) is 4.78. The molecule has 10 heavy (non-hydrogen) atoms. The van der Waals surface area contributed by atoms with Crippen LogP contribution in [0.15, 0.2) is 12.6 Å². The van der Waals surface area contributed by atoms with E-state index in [1.807, 2.05) is 6.92 Å². The van der Waals surface area contributed by atoms with Crippen molar-refractivity contribution in [3.63, 3.8) is 0 Å². The van der Waals surface area contributed by atoms with Crippen LogP contribution < -0.4 is 0 Å². The van der Waals surface area contributed by atoms with Crippen LogP contribution in [0.25, 0.3) is 5.57 Å². The summed E-state index contributed by atoms with van der Waals surface area (Å²) < 4.78 is 0. The maximum absolute atomic E-state index is 3.85. The Kier molecular flexibility index (Phi) is 1.66. The summed E-state index contributed by atoms with van der Waals surface area (Å²) >= 11 is 0. The smallest absolute Gasteiger partial charge is 0.0408 e. The largest absolute Gasteiger partial charge is 0.359 e. The fourth-order valence-electron chi connectivity index (χ4n) is 0.891. The number of nitrogens with one attached hydrogen (secondary N) is 1. The summed E-state index contributed by atoms with van der Waals surface area (Å²) in [6, 6.07) is 2.12. The molecule has 1 aromatic rings. The fourth-order valence-corrected chi connectivity index (χ4v) is 0.891. The second-order valence-corrected chi connectivity index (χ2v) is 2.77. The molecule has 0 unspecified atom stereocenters. The average molecular weight is 135 g/mol. The Labute approximate surface area is 61.8 Å². The number of allylic oxidation sites excluding steroid dienone is 1. The van der Waals surface area contributed by atoms with Gasteiger partial charge in [-0.3, -0.25) is 0 Å². The molecule has 0 aromatic carbocycles. The molecule has 0 aliphatic heterocycles. The summed E-state index contributed by atoms with van der Waals surface area (Å²) in [7, 11) is 0. The number of H-pyrrole nitrogens is 1. The van der Waals surface area contributed by atoms with Gasteiger partial charge in [0.05, 0.1) is 0 Å². The lowest BCUT2D eigenvalue weighted by Gasteiger charge is -1.90. The first-order valence-electron chi connectivity index (χ1n) is 3.43. The van der Waals surface area contributed by atoms with Crippen LogP contribution in [-0.2, 0) is 0 Å². The average Bonchev–Trinajstić information content (AvgIpc) is 2.13. The zero-order valence-corrected chi connectivity index (χ0v) is 6.78. The minimum Gasteiger partial charge on any atom is -0.359 e. The van der Waals surface area contributed by atoms with Crippen LogP contribution in [0.2, 0.25) is 0 Å². The van der Waals surface area contributed by atoms with E-state index < -0.39 is 0 Å². The van der Waals surface area contributed by atoms with Gasteiger partial charge < -0.3 is 4.98 Å². The van der Waals surface area contributed by atoms with Gasteiger partial charge in [-0.05, 0) is 38.0 Å². The Hall–Kier alpha value is -0.980. The second-order valence-electron chi connectivity index (χ2n) is 2.77. The lowest BCUT2D eigenvalue weighted by Crippen LogP contribution is -1.76. The predicted molar refractivity (Wildman–Crippen MR) is 45.0 cm³/mol. The van der Waals surface area contributed by atoms with E-state index in [0.717, 1.165) is 11.3 Å². The molecule has 1 heterocycles. The van der Waals surface area contributed by atoms with Crippen LogP contribution in [0.4, 0.5) is 0 Å². The molecule has 0 saturated heterocycles. The Morgan fingerprint density at radius 2 is 2.10 bits per heavy atom. The second kappa shape index (κ2) is 2.33. The topological polar surface area (TPSA) is 15.8 Å². The van der Waals surface area contributed by atoms with Crippen molar-refractivity contribution in [1.29, 1.82) is 0 Å². The first kappa shape index (κ1) is 7.13. The van der Waals surface area contributed by atoms with Crippen LogP contribution in [-0.4, -0.2) is 4.98 Å². The van der Waals surface area contributed by atoms with E-state index in [0.29, 0.717) is 0 Å². The van der Waals surface area contributed by atoms with Crippen molar-refractivity contribution in [1.82, 2.24) is 4.98 Å². The standard InChI is InChI=1S/C9H13N/c1-6(2)9-5-7(3)8(4)10-9/h5,10H,1H2,2-4H3. The van der Waals surface area contributed by atoms with Crippen molar-refractivity contribution in [2.75, 3.05) is 0 Å². The van der Waals surface area contributed by atoms with Gasteiger partial charge in [-0.25, -0.2) is 0 Å². The van der Waals surface area contributed by atoms with Gasteiger partial charge in [-0.15, -0.1) is 0 Å². The van der Waals surface area contributed by atoms with E-state index in [4.69, 9.17) is 0 Å². The zero-order chi connectivity index (χ0) is 7.72. The lowest BCUT2D eigenvalue weighted by molar-refractivity contribution is 1.21. The molecule has 0 aliphatic rings. The van der Waals surface area contributed by atoms with Gasteiger partial charge >= 0.3 is 0 Å². The molecule has 0 fully saturated rings. The van der Waals surface area contributed by atoms with E-state index in [1.165, 1.54) is 11.3 Å². The van der Waals surface area contributed by atoms with Gasteiger partial charge in [0.2, 0.25) is 0 Å². The summed E-state index contributed by atoms with van der Waals surface area (Å²) in [4.78, 5) is 3.24. The van der Waals surface area contributed by atoms with Crippen molar-refractivity contribution < 1.29 is 0 Å². The third-order valence-electron chi connectivity index (χ3n) is 1.73. The number of aromatic nitrogens is 1. The number of hydrogen-bond donors (Lipinski definition) is 1. The minimum atomic E-state index is 1.09. The highest BCUT2D eigenvalue weighted by Crippen LogP contribution is 2.14. The molecule has 54 valence electrons. The lowest BCUT2D eigenvalue weighted by atomic mass is 10.2. The van der Waals surface area contributed by atoms with E-state index >= 15 is 0 Å². The summed E-state index contributed by atoms with van der Waals surface area (Å²) in [6.45, 7) is 10.0. The molecule has 0 aliphatic carbocycles. The Morgan fingerprint density at radius 3 is 2.30 bits per heavy atom. The number of rotatable bonds is 1. The molecule has 1 rings (SSSR count). The van der Waals surface area contributed by atoms with Gasteiger partial charge in [0.15, 0.2) is 0 Å². The highest BCUT2D eigenvalue weighted by atomic mass is 14.7. The number of aromatic amines is 1. The van der Waals surface area contributed by atoms with Crippen molar-refractivity contribution in [3.05, 3.63) is 29.6 Å². The van der Waals surface area contributed by atoms with Crippen molar-refractivity contribution in [3.8, 4) is 0 Å². The molecule has 1 nitrogen and oxygen atoms in total. The van der Waals surface area contributed by atoms with Crippen molar-refractivity contribution in [2.24, 2.45) is 0 Å². The van der Waals surface area contributed by atoms with Crippen LogP contribution >= 0.6 is 0 Å². The molecule has 1 heteroatoms. The van der Waals surface area contributed by atoms with Gasteiger partial charge in [-0.2, -0.15) is 0 Å². The molecule has 0 amide bonds. The van der Waals surface area contributed by atoms with E-state index in [-0.39, 0.29) is 0 Å². The van der Waals surface area contributed by atoms with Gasteiger partial charge in [-0.1, -0.05) is 6.58 Å². The normalized spacial score (nSPS) is 9.90. The fraction of sp³-hybridized carbons (Fsp3) is 0.333. The maximum atomic E-state index is 3.85. The van der Waals surface area contributed by atoms with E-state index in [1.54, 1.807) is 0 Å². The molecular formula is C9H13N. The highest BCUT2D eigenvalue weighted by molar-refractivity contribution is 5.59.